The molecule has 0 aromatic rings. The highest BCUT2D eigenvalue weighted by molar-refractivity contribution is 6.75. The fourth-order valence-electron chi connectivity index (χ4n) is 1.35. The number of allylic oxidation sites excluding steroid dienone is 1. The van der Waals surface area contributed by atoms with Gasteiger partial charge in [-0.1, -0.05) is 6.42 Å². The van der Waals surface area contributed by atoms with Crippen LogP contribution in [0.4, 0.5) is 0 Å². The third-order valence-corrected chi connectivity index (χ3v) is 5.84. The zero-order valence-electron chi connectivity index (χ0n) is 8.44. The smallest absolute Gasteiger partial charge is 0.263 e. The van der Waals surface area contributed by atoms with E-state index in [2.05, 4.69) is 6.55 Å². The Morgan fingerprint density at radius 2 is 1.83 bits per heavy atom. The zero-order chi connectivity index (χ0) is 9.19. The predicted octanol–water partition coefficient (Wildman–Crippen LogP) is 2.88. The summed E-state index contributed by atoms with van der Waals surface area (Å²) in [5, 5.41) is 0. The van der Waals surface area contributed by atoms with Gasteiger partial charge in [-0.05, 0) is 32.5 Å². The van der Waals surface area contributed by atoms with Crippen LogP contribution in [0.5, 0.6) is 0 Å². The molecule has 0 radical (unpaired) electrons. The normalized spacial score (nSPS) is 19.3. The van der Waals surface area contributed by atoms with Gasteiger partial charge in [-0.15, -0.1) is 0 Å². The van der Waals surface area contributed by atoms with E-state index in [4.69, 9.17) is 9.16 Å². The minimum Gasteiger partial charge on any atom is -0.519 e. The van der Waals surface area contributed by atoms with Gasteiger partial charge in [0.2, 0.25) is 0 Å². The highest BCUT2D eigenvalue weighted by atomic mass is 28.4. The lowest BCUT2D eigenvalue weighted by molar-refractivity contribution is 0.136. The lowest BCUT2D eigenvalue weighted by atomic mass is 10.4. The van der Waals surface area contributed by atoms with Gasteiger partial charge < -0.3 is 9.16 Å². The average Bonchev–Trinajstić information content (AvgIpc) is 1.96. The summed E-state index contributed by atoms with van der Waals surface area (Å²) in [6.45, 7) is 6.32. The first-order chi connectivity index (χ1) is 5.57. The Balaban J connectivity index is 2.53. The van der Waals surface area contributed by atoms with E-state index in [1.165, 1.54) is 18.5 Å². The minimum atomic E-state index is -1.33. The average molecular weight is 186 g/mol. The molecular weight excluding hydrogens is 168 g/mol. The molecule has 1 fully saturated rings. The van der Waals surface area contributed by atoms with Gasteiger partial charge >= 0.3 is 0 Å². The van der Waals surface area contributed by atoms with Crippen LogP contribution in [0.1, 0.15) is 20.3 Å². The van der Waals surface area contributed by atoms with Crippen LogP contribution >= 0.6 is 0 Å². The zero-order valence-corrected chi connectivity index (χ0v) is 9.44. The monoisotopic (exact) mass is 186 g/mol. The highest BCUT2D eigenvalue weighted by Gasteiger charge is 2.39. The maximum absolute atomic E-state index is 5.88. The van der Waals surface area contributed by atoms with E-state index in [-0.39, 0.29) is 0 Å². The molecule has 0 atom stereocenters. The molecule has 0 unspecified atom stereocenters. The quantitative estimate of drug-likeness (QED) is 0.498. The molecule has 1 heterocycles. The Kier molecular flexibility index (Phi) is 2.83. The fourth-order valence-corrected chi connectivity index (χ4v) is 3.64. The van der Waals surface area contributed by atoms with Crippen molar-refractivity contribution in [3.63, 3.8) is 0 Å². The van der Waals surface area contributed by atoms with Gasteiger partial charge in [0.25, 0.3) is 14.3 Å². The SMILES string of the molecule is COC(O[Si]1(C)CCC1)=C(C)C. The van der Waals surface area contributed by atoms with E-state index < -0.39 is 8.32 Å². The number of methoxy groups -OCH3 is 1. The molecule has 0 aliphatic carbocycles. The van der Waals surface area contributed by atoms with Crippen LogP contribution in [0.15, 0.2) is 11.5 Å². The van der Waals surface area contributed by atoms with Gasteiger partial charge in [0.15, 0.2) is 0 Å². The fraction of sp³-hybridized carbons (Fsp3) is 0.778. The highest BCUT2D eigenvalue weighted by Crippen LogP contribution is 2.35. The van der Waals surface area contributed by atoms with E-state index in [0.717, 1.165) is 11.5 Å². The second-order valence-corrected chi connectivity index (χ2v) is 8.00. The molecule has 0 bridgehead atoms. The Morgan fingerprint density at radius 1 is 1.25 bits per heavy atom. The molecule has 3 heteroatoms. The van der Waals surface area contributed by atoms with Crippen molar-refractivity contribution in [2.24, 2.45) is 0 Å². The first kappa shape index (κ1) is 9.64. The molecule has 1 rings (SSSR count). The van der Waals surface area contributed by atoms with Crippen molar-refractivity contribution in [1.29, 1.82) is 0 Å². The molecule has 0 N–H and O–H groups in total. The van der Waals surface area contributed by atoms with Gasteiger partial charge in [-0.25, -0.2) is 0 Å². The molecule has 0 spiro atoms. The van der Waals surface area contributed by atoms with Crippen LogP contribution in [0.3, 0.4) is 0 Å². The van der Waals surface area contributed by atoms with Crippen molar-refractivity contribution in [3.8, 4) is 0 Å². The summed E-state index contributed by atoms with van der Waals surface area (Å²) in [6.07, 6.45) is 1.34. The third kappa shape index (κ3) is 2.03. The number of rotatable bonds is 3. The summed E-state index contributed by atoms with van der Waals surface area (Å²) >= 11 is 0. The van der Waals surface area contributed by atoms with Crippen molar-refractivity contribution in [1.82, 2.24) is 0 Å². The Morgan fingerprint density at radius 3 is 2.08 bits per heavy atom. The van der Waals surface area contributed by atoms with Crippen molar-refractivity contribution >= 4 is 8.32 Å². The van der Waals surface area contributed by atoms with Crippen LogP contribution in [0.2, 0.25) is 18.6 Å². The van der Waals surface area contributed by atoms with Crippen LogP contribution in [0, 0.1) is 0 Å². The molecule has 1 aliphatic rings. The maximum Gasteiger partial charge on any atom is 0.263 e. The van der Waals surface area contributed by atoms with E-state index in [1.807, 2.05) is 13.8 Å². The summed E-state index contributed by atoms with van der Waals surface area (Å²) < 4.78 is 11.1. The standard InChI is InChI=1S/C9H18O2Si/c1-8(2)9(10-3)11-12(4)6-5-7-12/h5-7H2,1-4H3. The lowest BCUT2D eigenvalue weighted by Gasteiger charge is -2.36. The van der Waals surface area contributed by atoms with Gasteiger partial charge in [0.1, 0.15) is 0 Å². The molecule has 70 valence electrons. The Bertz CT molecular complexity index is 191. The molecule has 12 heavy (non-hydrogen) atoms. The molecule has 0 amide bonds. The van der Waals surface area contributed by atoms with Crippen molar-refractivity contribution < 1.29 is 9.16 Å². The Labute approximate surface area is 75.7 Å². The maximum atomic E-state index is 5.88. The molecular formula is C9H18O2Si. The lowest BCUT2D eigenvalue weighted by Crippen LogP contribution is -2.41. The summed E-state index contributed by atoms with van der Waals surface area (Å²) in [7, 11) is 0.353. The molecule has 0 saturated carbocycles. The molecule has 0 aromatic carbocycles. The van der Waals surface area contributed by atoms with Gasteiger partial charge in [-0.2, -0.15) is 0 Å². The molecule has 0 aromatic heterocycles. The van der Waals surface area contributed by atoms with Crippen LogP contribution < -0.4 is 0 Å². The van der Waals surface area contributed by atoms with Gasteiger partial charge in [0, 0.05) is 5.57 Å². The summed E-state index contributed by atoms with van der Waals surface area (Å²) in [5.74, 6) is 0.754. The van der Waals surface area contributed by atoms with Crippen molar-refractivity contribution in [2.75, 3.05) is 7.11 Å². The number of hydrogen-bond acceptors (Lipinski definition) is 2. The topological polar surface area (TPSA) is 18.5 Å². The van der Waals surface area contributed by atoms with Crippen LogP contribution in [-0.4, -0.2) is 15.4 Å². The van der Waals surface area contributed by atoms with E-state index in [9.17, 15) is 0 Å². The number of hydrogen-bond donors (Lipinski definition) is 0. The van der Waals surface area contributed by atoms with Crippen LogP contribution in [-0.2, 0) is 9.16 Å². The first-order valence-corrected chi connectivity index (χ1v) is 7.30. The molecule has 1 saturated heterocycles. The second kappa shape index (κ2) is 3.52. The largest absolute Gasteiger partial charge is 0.519 e. The molecule has 1 aliphatic heterocycles. The molecule has 2 nitrogen and oxygen atoms in total. The third-order valence-electron chi connectivity index (χ3n) is 2.34. The Hall–Kier alpha value is -0.443. The van der Waals surface area contributed by atoms with Gasteiger partial charge in [-0.3, -0.25) is 0 Å². The summed E-state index contributed by atoms with van der Waals surface area (Å²) in [4.78, 5) is 0. The summed E-state index contributed by atoms with van der Waals surface area (Å²) in [6, 6.07) is 2.57. The van der Waals surface area contributed by atoms with E-state index in [0.29, 0.717) is 0 Å². The van der Waals surface area contributed by atoms with Gasteiger partial charge in [0.05, 0.1) is 7.11 Å². The second-order valence-electron chi connectivity index (χ2n) is 3.90. The van der Waals surface area contributed by atoms with E-state index in [1.54, 1.807) is 7.11 Å². The van der Waals surface area contributed by atoms with Crippen LogP contribution in [0.25, 0.3) is 0 Å². The summed E-state index contributed by atoms with van der Waals surface area (Å²) in [5.41, 5.74) is 1.14. The number of ether oxygens (including phenoxy) is 1. The first-order valence-electron chi connectivity index (χ1n) is 4.48. The minimum absolute atomic E-state index is 0.754. The van der Waals surface area contributed by atoms with Crippen molar-refractivity contribution in [2.45, 2.75) is 38.9 Å². The predicted molar refractivity (Wildman–Crippen MR) is 52.3 cm³/mol. The van der Waals surface area contributed by atoms with E-state index >= 15 is 0 Å². The van der Waals surface area contributed by atoms with Crippen molar-refractivity contribution in [3.05, 3.63) is 11.5 Å².